The van der Waals surface area contributed by atoms with Gasteiger partial charge < -0.3 is 5.11 Å². The molecule has 0 aliphatic rings. The Hall–Kier alpha value is -2.54. The highest BCUT2D eigenvalue weighted by Crippen LogP contribution is 2.29. The Morgan fingerprint density at radius 1 is 1.17 bits per heavy atom. The Balaban J connectivity index is 2.05. The highest BCUT2D eigenvalue weighted by atomic mass is 35.5. The zero-order valence-corrected chi connectivity index (χ0v) is 12.2. The molecule has 0 radical (unpaired) electrons. The highest BCUT2D eigenvalue weighted by Gasteiger charge is 2.30. The van der Waals surface area contributed by atoms with Crippen LogP contribution in [0.1, 0.15) is 21.5 Å². The minimum absolute atomic E-state index is 0.0190. The molecule has 0 aliphatic heterocycles. The molecular weight excluding hydrogens is 333 g/mol. The van der Waals surface area contributed by atoms with Gasteiger partial charge in [-0.3, -0.25) is 4.79 Å². The molecule has 0 heterocycles. The zero-order valence-electron chi connectivity index (χ0n) is 11.4. The smallest absolute Gasteiger partial charge is 0.416 e. The molecule has 2 aromatic rings. The number of alkyl halides is 3. The van der Waals surface area contributed by atoms with Crippen LogP contribution in [0, 0.1) is 0 Å². The number of carbonyl (C=O) groups is 1. The molecule has 2 rings (SSSR count). The Morgan fingerprint density at radius 3 is 2.43 bits per heavy atom. The van der Waals surface area contributed by atoms with E-state index >= 15 is 0 Å². The summed E-state index contributed by atoms with van der Waals surface area (Å²) in [6.45, 7) is 0. The molecule has 0 saturated heterocycles. The van der Waals surface area contributed by atoms with Gasteiger partial charge in [-0.15, -0.1) is 0 Å². The van der Waals surface area contributed by atoms with Crippen molar-refractivity contribution in [3.8, 4) is 5.75 Å². The third-order valence-corrected chi connectivity index (χ3v) is 3.07. The van der Waals surface area contributed by atoms with E-state index in [2.05, 4.69) is 10.5 Å². The standard InChI is InChI=1S/C15H10ClF3N2O2/c16-12-5-6-13(22)10(7-12)8-20-21-14(23)9-1-3-11(4-2-9)15(17,18)19/h1-8,22H,(H,21,23)/b20-8+. The van der Waals surface area contributed by atoms with Crippen LogP contribution in [0.25, 0.3) is 0 Å². The van der Waals surface area contributed by atoms with Gasteiger partial charge in [-0.2, -0.15) is 18.3 Å². The second-order valence-corrected chi connectivity index (χ2v) is 4.91. The van der Waals surface area contributed by atoms with E-state index in [4.69, 9.17) is 11.6 Å². The minimum Gasteiger partial charge on any atom is -0.507 e. The Kier molecular flexibility index (Phi) is 4.90. The Bertz CT molecular complexity index is 743. The van der Waals surface area contributed by atoms with E-state index in [9.17, 15) is 23.1 Å². The first-order chi connectivity index (χ1) is 10.8. The molecule has 2 aromatic carbocycles. The number of hydrazone groups is 1. The molecule has 23 heavy (non-hydrogen) atoms. The normalized spacial score (nSPS) is 11.7. The molecule has 0 spiro atoms. The van der Waals surface area contributed by atoms with Crippen LogP contribution >= 0.6 is 11.6 Å². The van der Waals surface area contributed by atoms with Gasteiger partial charge in [-0.1, -0.05) is 11.6 Å². The first-order valence-corrected chi connectivity index (χ1v) is 6.64. The summed E-state index contributed by atoms with van der Waals surface area (Å²) < 4.78 is 37.3. The van der Waals surface area contributed by atoms with E-state index in [0.717, 1.165) is 24.3 Å². The minimum atomic E-state index is -4.46. The second-order valence-electron chi connectivity index (χ2n) is 4.48. The number of hydrogen-bond acceptors (Lipinski definition) is 3. The average molecular weight is 343 g/mol. The van der Waals surface area contributed by atoms with Crippen LogP contribution in [0.15, 0.2) is 47.6 Å². The fourth-order valence-corrected chi connectivity index (χ4v) is 1.84. The number of hydrogen-bond donors (Lipinski definition) is 2. The lowest BCUT2D eigenvalue weighted by Crippen LogP contribution is -2.18. The molecule has 0 unspecified atom stereocenters. The van der Waals surface area contributed by atoms with Gasteiger partial charge in [0.15, 0.2) is 0 Å². The molecule has 0 fully saturated rings. The fourth-order valence-electron chi connectivity index (χ4n) is 1.66. The summed E-state index contributed by atoms with van der Waals surface area (Å²) in [5.41, 5.74) is 1.60. The van der Waals surface area contributed by atoms with E-state index in [1.54, 1.807) is 0 Å². The van der Waals surface area contributed by atoms with E-state index < -0.39 is 17.6 Å². The quantitative estimate of drug-likeness (QED) is 0.658. The predicted molar refractivity (Wildman–Crippen MR) is 79.6 cm³/mol. The number of nitrogens with zero attached hydrogens (tertiary/aromatic N) is 1. The molecule has 0 saturated carbocycles. The predicted octanol–water partition coefficient (Wildman–Crippen LogP) is 3.83. The van der Waals surface area contributed by atoms with Gasteiger partial charge in [-0.05, 0) is 42.5 Å². The highest BCUT2D eigenvalue weighted by molar-refractivity contribution is 6.30. The molecular formula is C15H10ClF3N2O2. The van der Waals surface area contributed by atoms with Gasteiger partial charge in [0.05, 0.1) is 11.8 Å². The third kappa shape index (κ3) is 4.46. The van der Waals surface area contributed by atoms with Crippen LogP contribution < -0.4 is 5.43 Å². The van der Waals surface area contributed by atoms with Gasteiger partial charge in [-0.25, -0.2) is 5.43 Å². The SMILES string of the molecule is O=C(N/N=C/c1cc(Cl)ccc1O)c1ccc(C(F)(F)F)cc1. The van der Waals surface area contributed by atoms with Crippen LogP contribution in [-0.2, 0) is 6.18 Å². The van der Waals surface area contributed by atoms with Crippen molar-refractivity contribution in [2.24, 2.45) is 5.10 Å². The van der Waals surface area contributed by atoms with Crippen molar-refractivity contribution in [2.75, 3.05) is 0 Å². The molecule has 0 bridgehead atoms. The second kappa shape index (κ2) is 6.70. The van der Waals surface area contributed by atoms with Crippen molar-refractivity contribution in [1.29, 1.82) is 0 Å². The third-order valence-electron chi connectivity index (χ3n) is 2.83. The maximum absolute atomic E-state index is 12.4. The van der Waals surface area contributed by atoms with Gasteiger partial charge in [0, 0.05) is 16.1 Å². The number of benzene rings is 2. The molecule has 0 aliphatic carbocycles. The van der Waals surface area contributed by atoms with Crippen molar-refractivity contribution in [3.63, 3.8) is 0 Å². The summed E-state index contributed by atoms with van der Waals surface area (Å²) in [5.74, 6) is -0.765. The van der Waals surface area contributed by atoms with Crippen LogP contribution in [0.2, 0.25) is 5.02 Å². The molecule has 120 valence electrons. The topological polar surface area (TPSA) is 61.7 Å². The first-order valence-electron chi connectivity index (χ1n) is 6.26. The molecule has 0 aromatic heterocycles. The summed E-state index contributed by atoms with van der Waals surface area (Å²) in [7, 11) is 0. The summed E-state index contributed by atoms with van der Waals surface area (Å²) in [5, 5.41) is 13.6. The lowest BCUT2D eigenvalue weighted by atomic mass is 10.1. The van der Waals surface area contributed by atoms with Crippen molar-refractivity contribution in [2.45, 2.75) is 6.18 Å². The molecule has 2 N–H and O–H groups in total. The lowest BCUT2D eigenvalue weighted by Gasteiger charge is -2.06. The molecule has 4 nitrogen and oxygen atoms in total. The molecule has 0 atom stereocenters. The largest absolute Gasteiger partial charge is 0.507 e. The maximum Gasteiger partial charge on any atom is 0.416 e. The van der Waals surface area contributed by atoms with E-state index in [1.807, 2.05) is 0 Å². The number of amides is 1. The number of nitrogens with one attached hydrogen (secondary N) is 1. The zero-order chi connectivity index (χ0) is 17.0. The van der Waals surface area contributed by atoms with Gasteiger partial charge in [0.1, 0.15) is 5.75 Å². The first kappa shape index (κ1) is 16.8. The summed E-state index contributed by atoms with van der Waals surface area (Å²) in [4.78, 5) is 11.8. The number of phenols is 1. The monoisotopic (exact) mass is 342 g/mol. The van der Waals surface area contributed by atoms with Gasteiger partial charge in [0.25, 0.3) is 5.91 Å². The van der Waals surface area contributed by atoms with Crippen molar-refractivity contribution < 1.29 is 23.1 Å². The van der Waals surface area contributed by atoms with Crippen LogP contribution in [-0.4, -0.2) is 17.2 Å². The Morgan fingerprint density at radius 2 is 1.83 bits per heavy atom. The van der Waals surface area contributed by atoms with Gasteiger partial charge in [0.2, 0.25) is 0 Å². The van der Waals surface area contributed by atoms with E-state index in [0.29, 0.717) is 5.02 Å². The van der Waals surface area contributed by atoms with E-state index in [1.165, 1.54) is 24.4 Å². The number of aromatic hydroxyl groups is 1. The maximum atomic E-state index is 12.4. The number of rotatable bonds is 3. The molecule has 1 amide bonds. The van der Waals surface area contributed by atoms with Crippen LogP contribution in [0.3, 0.4) is 0 Å². The summed E-state index contributed by atoms with van der Waals surface area (Å²) >= 11 is 5.75. The van der Waals surface area contributed by atoms with Crippen molar-refractivity contribution >= 4 is 23.7 Å². The average Bonchev–Trinajstić information content (AvgIpc) is 2.50. The van der Waals surface area contributed by atoms with Crippen molar-refractivity contribution in [1.82, 2.24) is 5.43 Å². The number of carbonyl (C=O) groups excluding carboxylic acids is 1. The summed E-state index contributed by atoms with van der Waals surface area (Å²) in [6, 6.07) is 7.99. The molecule has 8 heteroatoms. The Labute approximate surface area is 134 Å². The number of halogens is 4. The lowest BCUT2D eigenvalue weighted by molar-refractivity contribution is -0.137. The summed E-state index contributed by atoms with van der Waals surface area (Å²) in [6.07, 6.45) is -3.29. The van der Waals surface area contributed by atoms with Crippen molar-refractivity contribution in [3.05, 3.63) is 64.2 Å². The van der Waals surface area contributed by atoms with E-state index in [-0.39, 0.29) is 16.9 Å². The number of phenolic OH excluding ortho intramolecular Hbond substituents is 1. The van der Waals surface area contributed by atoms with Gasteiger partial charge >= 0.3 is 6.18 Å². The van der Waals surface area contributed by atoms with Crippen LogP contribution in [0.4, 0.5) is 13.2 Å². The fraction of sp³-hybridized carbons (Fsp3) is 0.0667. The van der Waals surface area contributed by atoms with Crippen LogP contribution in [0.5, 0.6) is 5.75 Å².